The van der Waals surface area contributed by atoms with Gasteiger partial charge in [0.2, 0.25) is 11.8 Å². The van der Waals surface area contributed by atoms with Crippen LogP contribution in [0, 0.1) is 41.4 Å². The number of carboxylic acids is 5. The van der Waals surface area contributed by atoms with E-state index in [9.17, 15) is 54.0 Å². The number of carboxylic acid groups (broad SMARTS) is 5. The summed E-state index contributed by atoms with van der Waals surface area (Å²) in [5, 5.41) is 137. The Hall–Kier alpha value is -4.19. The molecule has 2 saturated carbocycles. The molecule has 34 nitrogen and oxygen atoms in total. The third kappa shape index (κ3) is 26.1. The van der Waals surface area contributed by atoms with Crippen molar-refractivity contribution < 1.29 is 109 Å². The molecule has 7 aliphatic rings. The van der Waals surface area contributed by atoms with Crippen LogP contribution in [0.2, 0.25) is 31.6 Å². The van der Waals surface area contributed by atoms with E-state index in [2.05, 4.69) is 10.2 Å². The number of carbonyl (C=O) groups is 7. The van der Waals surface area contributed by atoms with Crippen molar-refractivity contribution in [3.05, 3.63) is 0 Å². The number of aliphatic carboxylic acids is 5. The summed E-state index contributed by atoms with van der Waals surface area (Å²) in [5.41, 5.74) is 34.0. The zero-order valence-corrected chi connectivity index (χ0v) is 55.7. The van der Waals surface area contributed by atoms with Crippen molar-refractivity contribution in [2.45, 2.75) is 181 Å². The summed E-state index contributed by atoms with van der Waals surface area (Å²) >= 11 is 0. The quantitative estimate of drug-likeness (QED) is 0.0287. The van der Waals surface area contributed by atoms with Gasteiger partial charge < -0.3 is 136 Å². The van der Waals surface area contributed by atoms with Crippen LogP contribution in [0.1, 0.15) is 122 Å². The lowest BCUT2D eigenvalue weighted by atomic mass is 9.78. The van der Waals surface area contributed by atoms with Crippen LogP contribution in [0.5, 0.6) is 0 Å². The summed E-state index contributed by atoms with van der Waals surface area (Å²) in [4.78, 5) is 87.9. The van der Waals surface area contributed by atoms with E-state index >= 15 is 0 Å². The van der Waals surface area contributed by atoms with Crippen molar-refractivity contribution >= 4 is 77.3 Å². The van der Waals surface area contributed by atoms with Crippen LogP contribution >= 0.6 is 0 Å². The van der Waals surface area contributed by atoms with Crippen molar-refractivity contribution in [1.29, 1.82) is 0 Å². The molecule has 548 valence electrons. The SMILES string of the molecule is NCC(=O)N1C[C@H](CCCB(O)O)[C@](N)(C(=O)O)C1.NCCN1C[C@H](CCCB(O)O)[C@](N)(C(=O)O)C1.N[C@@]1(C(=O)O)CN(C(=O)C2CCCC2)C[C@@H]1CCCB(O)O.N[C@@]1(C(=O)O)CN(CC2CCCCC2)C[C@@H]1CCCB(O)O.N[C@@]1(C(=O)O)CNC[C@@H]1CCCB(O)O. The zero-order valence-electron chi connectivity index (χ0n) is 55.7. The summed E-state index contributed by atoms with van der Waals surface area (Å²) < 4.78 is 0. The molecule has 5 aliphatic heterocycles. The highest BCUT2D eigenvalue weighted by molar-refractivity contribution is 6.42. The molecule has 0 radical (unpaired) electrons. The Morgan fingerprint density at radius 2 is 0.750 bits per heavy atom. The molecular formula is C57H113B5N12O22. The highest BCUT2D eigenvalue weighted by Gasteiger charge is 2.54. The third-order valence-electron chi connectivity index (χ3n) is 20.5. The van der Waals surface area contributed by atoms with Gasteiger partial charge in [-0.3, -0.25) is 38.5 Å². The first-order valence-corrected chi connectivity index (χ1v) is 34.0. The maximum absolute atomic E-state index is 12.5. The molecule has 0 spiro atoms. The molecule has 2 amide bonds. The predicted octanol–water partition coefficient (Wildman–Crippen LogP) is -6.20. The molecular weight excluding hydrogens is 1260 g/mol. The monoisotopic (exact) mass is 1370 g/mol. The lowest BCUT2D eigenvalue weighted by molar-refractivity contribution is -0.145. The molecule has 0 aromatic heterocycles. The van der Waals surface area contributed by atoms with Crippen LogP contribution in [0.3, 0.4) is 0 Å². The second kappa shape index (κ2) is 40.9. The minimum absolute atomic E-state index is 0.0102. The fourth-order valence-corrected chi connectivity index (χ4v) is 14.6. The van der Waals surface area contributed by atoms with Gasteiger partial charge in [0.25, 0.3) is 0 Å². The van der Waals surface area contributed by atoms with E-state index in [0.717, 1.165) is 32.2 Å². The molecule has 7 rings (SSSR count). The summed E-state index contributed by atoms with van der Waals surface area (Å²) in [7, 11) is -6.80. The summed E-state index contributed by atoms with van der Waals surface area (Å²) in [6, 6.07) is 0. The van der Waals surface area contributed by atoms with E-state index in [4.69, 9.17) is 95.5 Å². The number of nitrogens with one attached hydrogen (secondary N) is 1. The Bertz CT molecular complexity index is 2420. The minimum atomic E-state index is -1.49. The highest BCUT2D eigenvalue weighted by Crippen LogP contribution is 2.37. The lowest BCUT2D eigenvalue weighted by Crippen LogP contribution is -2.55. The van der Waals surface area contributed by atoms with Gasteiger partial charge in [0.1, 0.15) is 27.7 Å². The number of nitrogens with zero attached hydrogens (tertiary/aromatic N) is 4. The molecule has 5 heterocycles. The van der Waals surface area contributed by atoms with Crippen molar-refractivity contribution in [2.75, 3.05) is 91.6 Å². The molecule has 0 unspecified atom stereocenters. The summed E-state index contributed by atoms with van der Waals surface area (Å²) in [6.45, 7) is 5.29. The Morgan fingerprint density at radius 1 is 0.417 bits per heavy atom. The Morgan fingerprint density at radius 3 is 1.12 bits per heavy atom. The van der Waals surface area contributed by atoms with E-state index in [-0.39, 0.29) is 106 Å². The normalized spacial score (nSPS) is 29.0. The van der Waals surface area contributed by atoms with Crippen LogP contribution < -0.4 is 45.5 Å². The fraction of sp³-hybridized carbons (Fsp3) is 0.877. The van der Waals surface area contributed by atoms with E-state index in [1.165, 1.54) is 37.0 Å². The van der Waals surface area contributed by atoms with Gasteiger partial charge in [-0.2, -0.15) is 0 Å². The highest BCUT2D eigenvalue weighted by atomic mass is 16.4. The lowest BCUT2D eigenvalue weighted by Gasteiger charge is -2.27. The van der Waals surface area contributed by atoms with E-state index in [0.29, 0.717) is 122 Å². The van der Waals surface area contributed by atoms with Gasteiger partial charge in [-0.1, -0.05) is 64.2 Å². The Labute approximate surface area is 564 Å². The number of carbonyl (C=O) groups excluding carboxylic acids is 2. The maximum atomic E-state index is 12.5. The van der Waals surface area contributed by atoms with Gasteiger partial charge in [0, 0.05) is 121 Å². The van der Waals surface area contributed by atoms with E-state index in [1.54, 1.807) is 4.90 Å². The van der Waals surface area contributed by atoms with Crippen LogP contribution in [0.4, 0.5) is 0 Å². The average Bonchev–Trinajstić information content (AvgIpc) is 1.67. The second-order valence-corrected chi connectivity index (χ2v) is 27.8. The molecule has 2 aliphatic carbocycles. The average molecular weight is 1370 g/mol. The van der Waals surface area contributed by atoms with Crippen LogP contribution in [0.15, 0.2) is 0 Å². The topological polar surface area (TPSA) is 630 Å². The molecule has 39 heteroatoms. The molecule has 5 saturated heterocycles. The zero-order chi connectivity index (χ0) is 72.4. The number of rotatable bonds is 31. The standard InChI is InChI=1S/C15H29BN2O4.C14H25BN2O5.C10H20BN3O5.C10H22BN3O4.C8H17BN2O4/c17-15(14(19)20)11-18(9-12-5-2-1-3-6-12)10-13(15)7-4-8-16(21)22;16-14(13(19)20)9-17(12(18)10-4-1-2-5-10)8-11(14)6-3-7-15(21)22;12-4-8(15)14-5-7(2-1-3-11(18)19)10(13,6-14)9(16)17;12-4-5-14-6-8(2-1-3-11(17)18)10(13,7-14)9(15)16;10-8(7(12)13)5-11-4-6(8)2-1-3-9(14)15/h12-13,21-22H,1-11,17H2,(H,19,20);10-11,21-22H,1-9,16H2,(H,19,20);7,18-19H,1-6,12-13H2,(H,16,17);8,17-18H,1-7,12-13H2,(H,15,16);6,11,14-15H,1-5,10H2,(H,12,13)/t13-,15-;11-,14-;7-,10-;8-,10-;6-,8-/m00000/s1. The van der Waals surface area contributed by atoms with E-state index < -0.39 is 99.1 Å². The number of likely N-dealkylation sites (tertiary alicyclic amines) is 4. The van der Waals surface area contributed by atoms with Gasteiger partial charge in [0.15, 0.2) is 0 Å². The third-order valence-corrected chi connectivity index (χ3v) is 20.5. The molecule has 96 heavy (non-hydrogen) atoms. The van der Waals surface area contributed by atoms with Gasteiger partial charge in [-0.25, -0.2) is 0 Å². The van der Waals surface area contributed by atoms with Gasteiger partial charge in [-0.05, 0) is 95.3 Å². The van der Waals surface area contributed by atoms with Gasteiger partial charge in [-0.15, -0.1) is 0 Å². The van der Waals surface area contributed by atoms with Crippen molar-refractivity contribution in [3.8, 4) is 0 Å². The number of nitrogens with two attached hydrogens (primary N) is 7. The summed E-state index contributed by atoms with van der Waals surface area (Å²) in [5.74, 6) is -6.03. The molecule has 10 atom stereocenters. The first-order valence-electron chi connectivity index (χ1n) is 34.0. The largest absolute Gasteiger partial charge is 0.480 e. The van der Waals surface area contributed by atoms with Crippen LogP contribution in [-0.2, 0) is 33.6 Å². The molecule has 0 aromatic rings. The number of amides is 2. The maximum Gasteiger partial charge on any atom is 0.451 e. The number of hydrogen-bond acceptors (Lipinski definition) is 27. The van der Waals surface area contributed by atoms with Crippen molar-refractivity contribution in [2.24, 2.45) is 81.6 Å². The van der Waals surface area contributed by atoms with E-state index in [1.807, 2.05) is 4.90 Å². The van der Waals surface area contributed by atoms with Gasteiger partial charge >= 0.3 is 65.4 Å². The molecule has 30 N–H and O–H groups in total. The van der Waals surface area contributed by atoms with Crippen LogP contribution in [0.25, 0.3) is 0 Å². The second-order valence-electron chi connectivity index (χ2n) is 27.8. The first kappa shape index (κ1) is 86.0. The summed E-state index contributed by atoms with van der Waals surface area (Å²) in [6.07, 6.45) is 16.6. The van der Waals surface area contributed by atoms with Crippen molar-refractivity contribution in [3.63, 3.8) is 0 Å². The number of hydrogen-bond donors (Lipinski definition) is 23. The predicted molar refractivity (Wildman–Crippen MR) is 357 cm³/mol. The smallest absolute Gasteiger partial charge is 0.451 e. The Kier molecular flexibility index (Phi) is 36.7. The molecule has 7 fully saturated rings. The fourth-order valence-electron chi connectivity index (χ4n) is 14.6. The minimum Gasteiger partial charge on any atom is -0.480 e. The van der Waals surface area contributed by atoms with Gasteiger partial charge in [0.05, 0.1) is 6.54 Å². The molecule has 0 bridgehead atoms. The van der Waals surface area contributed by atoms with Crippen LogP contribution in [-0.4, -0.2) is 292 Å². The Balaban J connectivity index is 0.000000315. The van der Waals surface area contributed by atoms with Crippen molar-refractivity contribution in [1.82, 2.24) is 24.9 Å². The first-order chi connectivity index (χ1) is 44.9. The molecule has 0 aromatic carbocycles.